The number of phenolic OH excluding ortho intramolecular Hbond substituents is 1. The van der Waals surface area contributed by atoms with Crippen LogP contribution in [0.15, 0.2) is 40.1 Å². The van der Waals surface area contributed by atoms with Crippen molar-refractivity contribution < 1.29 is 31.0 Å². The van der Waals surface area contributed by atoms with Gasteiger partial charge in [-0.2, -0.15) is 16.8 Å². The maximum absolute atomic E-state index is 11.0. The van der Waals surface area contributed by atoms with Crippen LogP contribution in [-0.2, 0) is 20.2 Å². The van der Waals surface area contributed by atoms with Gasteiger partial charge in [0.1, 0.15) is 10.6 Å². The Hall–Kier alpha value is -0.680. The molecule has 0 unspecified atom stereocenters. The van der Waals surface area contributed by atoms with Gasteiger partial charge in [0.2, 0.25) is 0 Å². The van der Waals surface area contributed by atoms with Crippen molar-refractivity contribution in [3.63, 3.8) is 0 Å². The van der Waals surface area contributed by atoms with Crippen molar-refractivity contribution in [1.82, 2.24) is 0 Å². The monoisotopic (exact) mass is 327 g/mol. The zero-order valence-electron chi connectivity index (χ0n) is 10.2. The average molecular weight is 327 g/mol. The van der Waals surface area contributed by atoms with Gasteiger partial charge >= 0.3 is 0 Å². The van der Waals surface area contributed by atoms with Crippen LogP contribution in [0, 0.1) is 0 Å². The smallest absolute Gasteiger partial charge is 0.298 e. The normalized spacial score (nSPS) is 12.1. The maximum Gasteiger partial charge on any atom is 0.298 e. The number of benzene rings is 2. The second-order valence-corrected chi connectivity index (χ2v) is 6.59. The Morgan fingerprint density at radius 3 is 1.90 bits per heavy atom. The summed E-state index contributed by atoms with van der Waals surface area (Å²) in [6.45, 7) is 0. The topological polar surface area (TPSA) is 129 Å². The Morgan fingerprint density at radius 1 is 0.800 bits per heavy atom. The molecule has 1 radical (unpaired) electrons. The van der Waals surface area contributed by atoms with Gasteiger partial charge in [-0.05, 0) is 35.0 Å². The summed E-state index contributed by atoms with van der Waals surface area (Å²) in [7, 11) is -9.06. The van der Waals surface area contributed by atoms with E-state index in [2.05, 4.69) is 0 Å². The number of fused-ring (bicyclic) bond motifs is 1. The van der Waals surface area contributed by atoms with Gasteiger partial charge in [-0.1, -0.05) is 6.07 Å². The molecule has 3 N–H and O–H groups in total. The fraction of sp³-hybridized carbons (Fsp3) is 0. The molecule has 0 aliphatic heterocycles. The molecular weight excluding hydrogens is 319 g/mol. The molecule has 2 rings (SSSR count). The molecule has 0 amide bonds. The molecule has 0 spiro atoms. The fourth-order valence-corrected chi connectivity index (χ4v) is 2.72. The van der Waals surface area contributed by atoms with E-state index < -0.39 is 35.8 Å². The summed E-state index contributed by atoms with van der Waals surface area (Å²) < 4.78 is 61.7. The first-order chi connectivity index (χ1) is 8.59. The Morgan fingerprint density at radius 2 is 1.40 bits per heavy atom. The first-order valence-corrected chi connectivity index (χ1v) is 7.69. The van der Waals surface area contributed by atoms with Crippen LogP contribution in [0.2, 0.25) is 0 Å². The van der Waals surface area contributed by atoms with E-state index in [1.54, 1.807) is 0 Å². The number of hydrogen-bond acceptors (Lipinski definition) is 5. The van der Waals surface area contributed by atoms with Crippen LogP contribution in [-0.4, -0.2) is 60.6 Å². The molecule has 0 fully saturated rings. The number of rotatable bonds is 2. The number of phenols is 1. The number of hydrogen-bond donors (Lipinski definition) is 3. The second-order valence-electron chi connectivity index (χ2n) is 3.78. The van der Waals surface area contributed by atoms with E-state index in [9.17, 15) is 21.9 Å². The summed E-state index contributed by atoms with van der Waals surface area (Å²) >= 11 is 0. The third-order valence-electron chi connectivity index (χ3n) is 2.47. The van der Waals surface area contributed by atoms with Crippen LogP contribution in [0.3, 0.4) is 0 Å². The van der Waals surface area contributed by atoms with E-state index in [-0.39, 0.29) is 34.9 Å². The molecule has 7 nitrogen and oxygen atoms in total. The van der Waals surface area contributed by atoms with Gasteiger partial charge in [-0.3, -0.25) is 9.11 Å². The predicted molar refractivity (Wildman–Crippen MR) is 71.0 cm³/mol. The predicted octanol–water partition coefficient (Wildman–Crippen LogP) is 0.658. The molecule has 2 aromatic rings. The molecule has 0 saturated carbocycles. The van der Waals surface area contributed by atoms with E-state index in [0.29, 0.717) is 5.39 Å². The van der Waals surface area contributed by atoms with Crippen LogP contribution in [0.1, 0.15) is 0 Å². The van der Waals surface area contributed by atoms with E-state index in [4.69, 9.17) is 9.11 Å². The molecule has 103 valence electrons. The molecule has 10 heteroatoms. The van der Waals surface area contributed by atoms with Crippen LogP contribution in [0.5, 0.6) is 5.75 Å². The summed E-state index contributed by atoms with van der Waals surface area (Å²) in [5, 5.41) is 9.94. The SMILES string of the molecule is O=S(=O)(O)c1ccc2cc(O)c(S(=O)(=O)O)cc2c1.[Na]. The van der Waals surface area contributed by atoms with Crippen LogP contribution in [0.25, 0.3) is 10.8 Å². The fourth-order valence-electron chi connectivity index (χ4n) is 1.61. The van der Waals surface area contributed by atoms with E-state index in [1.807, 2.05) is 0 Å². The van der Waals surface area contributed by atoms with E-state index in [0.717, 1.165) is 24.3 Å². The Balaban J connectivity index is 0.00000200. The van der Waals surface area contributed by atoms with E-state index >= 15 is 0 Å². The quantitative estimate of drug-likeness (QED) is 0.546. The maximum atomic E-state index is 11.0. The molecule has 0 atom stereocenters. The zero-order chi connectivity index (χ0) is 14.4. The van der Waals surface area contributed by atoms with Gasteiger partial charge in [0.25, 0.3) is 20.2 Å². The molecule has 0 bridgehead atoms. The van der Waals surface area contributed by atoms with Gasteiger partial charge in [-0.25, -0.2) is 0 Å². The largest absolute Gasteiger partial charge is 0.506 e. The first kappa shape index (κ1) is 17.4. The second kappa shape index (κ2) is 5.60. The summed E-state index contributed by atoms with van der Waals surface area (Å²) in [5.74, 6) is -0.658. The molecule has 2 aromatic carbocycles. The molecule has 0 saturated heterocycles. The van der Waals surface area contributed by atoms with Crippen molar-refractivity contribution >= 4 is 60.6 Å². The van der Waals surface area contributed by atoms with Gasteiger partial charge in [0.15, 0.2) is 0 Å². The van der Waals surface area contributed by atoms with Crippen molar-refractivity contribution in [3.05, 3.63) is 30.3 Å². The van der Waals surface area contributed by atoms with Gasteiger partial charge < -0.3 is 5.11 Å². The van der Waals surface area contributed by atoms with Crippen molar-refractivity contribution in [2.45, 2.75) is 9.79 Å². The number of aromatic hydroxyl groups is 1. The summed E-state index contributed by atoms with van der Waals surface area (Å²) in [4.78, 5) is -1.17. The Labute approximate surface area is 137 Å². The summed E-state index contributed by atoms with van der Waals surface area (Å²) in [6, 6.07) is 5.38. The Bertz CT molecular complexity index is 872. The van der Waals surface area contributed by atoms with Gasteiger partial charge in [0, 0.05) is 29.6 Å². The first-order valence-electron chi connectivity index (χ1n) is 4.81. The summed E-state index contributed by atoms with van der Waals surface area (Å²) in [5.41, 5.74) is 0. The van der Waals surface area contributed by atoms with Gasteiger partial charge in [0.05, 0.1) is 4.90 Å². The molecule has 0 aromatic heterocycles. The standard InChI is InChI=1S/C10H8O7S2.Na/c11-9-4-6-1-2-8(18(12,13)14)3-7(6)5-10(9)19(15,16)17;/h1-5,11H,(H,12,13,14)(H,15,16,17);. The van der Waals surface area contributed by atoms with Crippen LogP contribution < -0.4 is 0 Å². The van der Waals surface area contributed by atoms with Crippen LogP contribution >= 0.6 is 0 Å². The van der Waals surface area contributed by atoms with Crippen molar-refractivity contribution in [1.29, 1.82) is 0 Å². The van der Waals surface area contributed by atoms with Gasteiger partial charge in [-0.15, -0.1) is 0 Å². The molecule has 0 heterocycles. The minimum Gasteiger partial charge on any atom is -0.506 e. The minimum absolute atomic E-state index is 0. The Kier molecular flexibility index (Phi) is 4.87. The van der Waals surface area contributed by atoms with E-state index in [1.165, 1.54) is 6.07 Å². The third kappa shape index (κ3) is 3.50. The average Bonchev–Trinajstić information content (AvgIpc) is 2.24. The minimum atomic E-state index is -4.64. The molecule has 20 heavy (non-hydrogen) atoms. The van der Waals surface area contributed by atoms with Crippen molar-refractivity contribution in [3.8, 4) is 5.75 Å². The zero-order valence-corrected chi connectivity index (χ0v) is 13.8. The molecule has 0 aliphatic carbocycles. The van der Waals surface area contributed by atoms with Crippen LogP contribution in [0.4, 0.5) is 0 Å². The third-order valence-corrected chi connectivity index (χ3v) is 4.20. The van der Waals surface area contributed by atoms with Crippen molar-refractivity contribution in [2.24, 2.45) is 0 Å². The molecule has 0 aliphatic rings. The molecular formula is C10H8NaO7S2. The summed E-state index contributed by atoms with van der Waals surface area (Å²) in [6.07, 6.45) is 0. The van der Waals surface area contributed by atoms with Crippen molar-refractivity contribution in [2.75, 3.05) is 0 Å².